The van der Waals surface area contributed by atoms with E-state index in [9.17, 15) is 10.1 Å². The zero-order chi connectivity index (χ0) is 17.6. The van der Waals surface area contributed by atoms with Crippen LogP contribution in [-0.4, -0.2) is 9.91 Å². The summed E-state index contributed by atoms with van der Waals surface area (Å²) in [6.07, 6.45) is 0. The average Bonchev–Trinajstić information content (AvgIpc) is 3.07. The van der Waals surface area contributed by atoms with E-state index in [4.69, 9.17) is 23.2 Å². The first-order valence-electron chi connectivity index (χ1n) is 7.39. The van der Waals surface area contributed by atoms with E-state index in [2.05, 4.69) is 4.98 Å². The Labute approximate surface area is 156 Å². The van der Waals surface area contributed by atoms with Gasteiger partial charge in [-0.1, -0.05) is 54.6 Å². The Hall–Kier alpha value is -2.21. The summed E-state index contributed by atoms with van der Waals surface area (Å²) in [6, 6.07) is 19.8. The molecule has 7 heteroatoms. The minimum absolute atomic E-state index is 0.0613. The number of aromatic nitrogens is 1. The van der Waals surface area contributed by atoms with Crippen LogP contribution in [0, 0.1) is 10.1 Å². The zero-order valence-electron chi connectivity index (χ0n) is 12.6. The smallest absolute Gasteiger partial charge is 0.261 e. The van der Waals surface area contributed by atoms with E-state index >= 15 is 0 Å². The molecule has 0 saturated carbocycles. The number of alkyl halides is 2. The molecule has 0 aliphatic carbocycles. The maximum atomic E-state index is 11.2. The fourth-order valence-electron chi connectivity index (χ4n) is 2.82. The second kappa shape index (κ2) is 5.95. The summed E-state index contributed by atoms with van der Waals surface area (Å²) in [7, 11) is 0. The molecule has 0 fully saturated rings. The standard InChI is InChI=1S/C18H10Cl2N2O2S/c19-18(20,22(23)24)17-21-15-10-14(11-6-2-1-3-7-11)12-8-4-5-9-13(12)16(15)25-17/h1-10H. The molecule has 0 spiro atoms. The van der Waals surface area contributed by atoms with Crippen LogP contribution in [0.3, 0.4) is 0 Å². The molecule has 0 atom stereocenters. The molecule has 0 amide bonds. The van der Waals surface area contributed by atoms with Crippen molar-refractivity contribution in [1.29, 1.82) is 0 Å². The van der Waals surface area contributed by atoms with E-state index in [1.807, 2.05) is 60.7 Å². The topological polar surface area (TPSA) is 56.0 Å². The van der Waals surface area contributed by atoms with E-state index < -0.39 is 9.38 Å². The molecule has 0 saturated heterocycles. The molecule has 25 heavy (non-hydrogen) atoms. The number of benzene rings is 3. The van der Waals surface area contributed by atoms with Crippen molar-refractivity contribution in [1.82, 2.24) is 4.98 Å². The first kappa shape index (κ1) is 16.3. The maximum Gasteiger partial charge on any atom is 0.422 e. The molecular formula is C18H10Cl2N2O2S. The lowest BCUT2D eigenvalue weighted by Gasteiger charge is -2.07. The largest absolute Gasteiger partial charge is 0.422 e. The highest BCUT2D eigenvalue weighted by atomic mass is 35.5. The number of rotatable bonds is 3. The van der Waals surface area contributed by atoms with Crippen molar-refractivity contribution in [2.75, 3.05) is 0 Å². The Morgan fingerprint density at radius 3 is 2.32 bits per heavy atom. The van der Waals surface area contributed by atoms with Crippen LogP contribution >= 0.6 is 34.5 Å². The number of nitro groups is 1. The maximum absolute atomic E-state index is 11.2. The summed E-state index contributed by atoms with van der Waals surface area (Å²) in [5.74, 6) is 0. The molecular weight excluding hydrogens is 379 g/mol. The molecule has 3 aromatic carbocycles. The Balaban J connectivity index is 2.07. The molecule has 0 aliphatic rings. The Kier molecular flexibility index (Phi) is 3.87. The Morgan fingerprint density at radius 2 is 1.64 bits per heavy atom. The first-order chi connectivity index (χ1) is 12.0. The van der Waals surface area contributed by atoms with Gasteiger partial charge in [-0.3, -0.25) is 10.1 Å². The van der Waals surface area contributed by atoms with E-state index in [0.717, 1.165) is 37.9 Å². The highest BCUT2D eigenvalue weighted by Gasteiger charge is 2.44. The van der Waals surface area contributed by atoms with Gasteiger partial charge in [-0.15, -0.1) is 11.3 Å². The molecule has 0 N–H and O–H groups in total. The molecule has 0 radical (unpaired) electrons. The van der Waals surface area contributed by atoms with Gasteiger partial charge in [0.1, 0.15) is 0 Å². The van der Waals surface area contributed by atoms with Crippen LogP contribution in [0.15, 0.2) is 60.7 Å². The lowest BCUT2D eigenvalue weighted by Crippen LogP contribution is -2.21. The summed E-state index contributed by atoms with van der Waals surface area (Å²) in [5, 5.41) is 13.2. The fourth-order valence-corrected chi connectivity index (χ4v) is 4.16. The van der Waals surface area contributed by atoms with Crippen LogP contribution in [0.2, 0.25) is 0 Å². The van der Waals surface area contributed by atoms with Crippen LogP contribution in [0.5, 0.6) is 0 Å². The predicted octanol–water partition coefficient (Wildman–Crippen LogP) is 5.98. The van der Waals surface area contributed by atoms with E-state index in [0.29, 0.717) is 5.52 Å². The third-order valence-electron chi connectivity index (χ3n) is 3.97. The van der Waals surface area contributed by atoms with Crippen molar-refractivity contribution >= 4 is 55.5 Å². The molecule has 4 rings (SSSR count). The normalized spacial score (nSPS) is 11.9. The quantitative estimate of drug-likeness (QED) is 0.187. The molecule has 4 nitrogen and oxygen atoms in total. The average molecular weight is 389 g/mol. The number of nitrogens with zero attached hydrogens (tertiary/aromatic N) is 2. The van der Waals surface area contributed by atoms with Gasteiger partial charge in [0.15, 0.2) is 0 Å². The molecule has 0 unspecified atom stereocenters. The second-order valence-corrected chi connectivity index (χ2v) is 7.79. The fraction of sp³-hybridized carbons (Fsp3) is 0.0556. The summed E-state index contributed by atoms with van der Waals surface area (Å²) in [5.41, 5.74) is 2.70. The number of hydrogen-bond donors (Lipinski definition) is 0. The highest BCUT2D eigenvalue weighted by molar-refractivity contribution is 7.20. The van der Waals surface area contributed by atoms with Gasteiger partial charge in [-0.05, 0) is 45.8 Å². The summed E-state index contributed by atoms with van der Waals surface area (Å²) >= 11 is 12.9. The van der Waals surface area contributed by atoms with Gasteiger partial charge in [0, 0.05) is 5.39 Å². The Morgan fingerprint density at radius 1 is 1.00 bits per heavy atom. The Bertz CT molecular complexity index is 1110. The SMILES string of the molecule is O=[N+]([O-])C(Cl)(Cl)c1nc2cc(-c3ccccc3)c3ccccc3c2s1. The summed E-state index contributed by atoms with van der Waals surface area (Å²) < 4.78 is -1.42. The van der Waals surface area contributed by atoms with Gasteiger partial charge in [0.25, 0.3) is 0 Å². The summed E-state index contributed by atoms with van der Waals surface area (Å²) in [4.78, 5) is 14.8. The van der Waals surface area contributed by atoms with Gasteiger partial charge in [0.2, 0.25) is 5.01 Å². The monoisotopic (exact) mass is 388 g/mol. The first-order valence-corrected chi connectivity index (χ1v) is 8.96. The van der Waals surface area contributed by atoms with Crippen molar-refractivity contribution in [3.05, 3.63) is 75.8 Å². The van der Waals surface area contributed by atoms with Gasteiger partial charge in [-0.2, -0.15) is 0 Å². The zero-order valence-corrected chi connectivity index (χ0v) is 15.0. The number of thiazole rings is 1. The van der Waals surface area contributed by atoms with Gasteiger partial charge in [0.05, 0.1) is 15.1 Å². The van der Waals surface area contributed by atoms with Crippen LogP contribution in [0.25, 0.3) is 32.1 Å². The van der Waals surface area contributed by atoms with E-state index in [1.165, 1.54) is 0 Å². The predicted molar refractivity (Wildman–Crippen MR) is 103 cm³/mol. The third kappa shape index (κ3) is 2.65. The van der Waals surface area contributed by atoms with Crippen molar-refractivity contribution < 1.29 is 4.92 Å². The summed E-state index contributed by atoms with van der Waals surface area (Å²) in [6.45, 7) is 0. The number of fused-ring (bicyclic) bond motifs is 3. The molecule has 0 bridgehead atoms. The van der Waals surface area contributed by atoms with Gasteiger partial charge in [-0.25, -0.2) is 4.98 Å². The van der Waals surface area contributed by atoms with Crippen LogP contribution in [0.1, 0.15) is 5.01 Å². The van der Waals surface area contributed by atoms with E-state index in [1.54, 1.807) is 0 Å². The molecule has 1 heterocycles. The lowest BCUT2D eigenvalue weighted by atomic mass is 9.98. The van der Waals surface area contributed by atoms with Crippen LogP contribution in [-0.2, 0) is 4.46 Å². The van der Waals surface area contributed by atoms with Crippen molar-refractivity contribution in [2.24, 2.45) is 0 Å². The minimum atomic E-state index is -2.25. The highest BCUT2D eigenvalue weighted by Crippen LogP contribution is 2.43. The third-order valence-corrected chi connectivity index (χ3v) is 6.04. The van der Waals surface area contributed by atoms with E-state index in [-0.39, 0.29) is 5.01 Å². The molecule has 1 aromatic heterocycles. The van der Waals surface area contributed by atoms with Crippen LogP contribution < -0.4 is 0 Å². The molecule has 124 valence electrons. The molecule has 0 aliphatic heterocycles. The minimum Gasteiger partial charge on any atom is -0.261 e. The van der Waals surface area contributed by atoms with Crippen LogP contribution in [0.4, 0.5) is 0 Å². The van der Waals surface area contributed by atoms with Crippen molar-refractivity contribution in [3.8, 4) is 11.1 Å². The second-order valence-electron chi connectivity index (χ2n) is 5.50. The number of hydrogen-bond acceptors (Lipinski definition) is 4. The number of halogens is 2. The van der Waals surface area contributed by atoms with Crippen molar-refractivity contribution in [3.63, 3.8) is 0 Å². The lowest BCUT2D eigenvalue weighted by molar-refractivity contribution is -0.522. The van der Waals surface area contributed by atoms with Crippen molar-refractivity contribution in [2.45, 2.75) is 4.46 Å². The molecule has 4 aromatic rings. The van der Waals surface area contributed by atoms with Gasteiger partial charge >= 0.3 is 4.46 Å². The van der Waals surface area contributed by atoms with Gasteiger partial charge < -0.3 is 0 Å².